The molecule has 1 aromatic heterocycles. The van der Waals surface area contributed by atoms with Crippen molar-refractivity contribution in [1.82, 2.24) is 19.8 Å². The normalized spacial score (nSPS) is 11.4. The first-order chi connectivity index (χ1) is 18.3. The Morgan fingerprint density at radius 2 is 1.82 bits per heavy atom. The van der Waals surface area contributed by atoms with E-state index in [0.717, 1.165) is 28.6 Å². The average molecular weight is 532 g/mol. The number of halogens is 1. The van der Waals surface area contributed by atoms with Crippen LogP contribution in [0.2, 0.25) is 5.02 Å². The van der Waals surface area contributed by atoms with Crippen molar-refractivity contribution in [3.05, 3.63) is 101 Å². The van der Waals surface area contributed by atoms with E-state index < -0.39 is 5.91 Å². The molecule has 196 valence electrons. The zero-order valence-electron chi connectivity index (χ0n) is 21.3. The van der Waals surface area contributed by atoms with Gasteiger partial charge in [-0.05, 0) is 50.0 Å². The van der Waals surface area contributed by atoms with Crippen LogP contribution < -0.4 is 5.43 Å². The topological polar surface area (TPSA) is 90.2 Å². The molecule has 0 unspecified atom stereocenters. The number of phenolic OH excluding ortho intramolecular Hbond substituents is 1. The Bertz CT molecular complexity index is 1450. The molecule has 0 aliphatic rings. The highest BCUT2D eigenvalue weighted by Crippen LogP contribution is 2.23. The van der Waals surface area contributed by atoms with Crippen LogP contribution in [0.1, 0.15) is 21.5 Å². The van der Waals surface area contributed by atoms with Gasteiger partial charge in [-0.2, -0.15) is 5.10 Å². The Labute approximate surface area is 226 Å². The number of hydrogen-bond acceptors (Lipinski definition) is 5. The Hall–Kier alpha value is -4.14. The highest BCUT2D eigenvalue weighted by Gasteiger charge is 2.16. The third-order valence-corrected chi connectivity index (χ3v) is 6.42. The summed E-state index contributed by atoms with van der Waals surface area (Å²) in [7, 11) is 3.99. The van der Waals surface area contributed by atoms with Crippen molar-refractivity contribution < 1.29 is 14.7 Å². The number of carbonyl (C=O) groups is 2. The van der Waals surface area contributed by atoms with Gasteiger partial charge in [-0.15, -0.1) is 0 Å². The van der Waals surface area contributed by atoms with Crippen molar-refractivity contribution in [1.29, 1.82) is 0 Å². The van der Waals surface area contributed by atoms with E-state index in [2.05, 4.69) is 15.4 Å². The fourth-order valence-corrected chi connectivity index (χ4v) is 4.21. The summed E-state index contributed by atoms with van der Waals surface area (Å²) in [5.74, 6) is -0.510. The molecule has 1 heterocycles. The summed E-state index contributed by atoms with van der Waals surface area (Å²) >= 11 is 5.88. The summed E-state index contributed by atoms with van der Waals surface area (Å²) in [4.78, 5) is 29.7. The van der Waals surface area contributed by atoms with Crippen LogP contribution in [0.25, 0.3) is 10.9 Å². The SMILES string of the molecule is CN(C)CCN(Cc1ccccc1)C(=O)Cn1ccc2c(/C=N/NC(=O)c3ccc(O)c(Cl)c3)cccc21. The zero-order valence-corrected chi connectivity index (χ0v) is 22.1. The molecule has 9 heteroatoms. The van der Waals surface area contributed by atoms with Crippen LogP contribution >= 0.6 is 11.6 Å². The minimum absolute atomic E-state index is 0.0343. The molecule has 0 aliphatic heterocycles. The number of benzene rings is 3. The maximum atomic E-state index is 13.4. The molecule has 0 bridgehead atoms. The summed E-state index contributed by atoms with van der Waals surface area (Å²) in [6.45, 7) is 2.16. The molecule has 0 atom stereocenters. The van der Waals surface area contributed by atoms with Crippen molar-refractivity contribution in [3.8, 4) is 5.75 Å². The molecule has 0 radical (unpaired) electrons. The van der Waals surface area contributed by atoms with Gasteiger partial charge in [0, 0.05) is 47.9 Å². The highest BCUT2D eigenvalue weighted by molar-refractivity contribution is 6.32. The van der Waals surface area contributed by atoms with E-state index in [9.17, 15) is 14.7 Å². The third-order valence-electron chi connectivity index (χ3n) is 6.12. The van der Waals surface area contributed by atoms with Crippen molar-refractivity contribution in [2.45, 2.75) is 13.1 Å². The standard InChI is InChI=1S/C29H30ClN5O3/c1-33(2)15-16-35(19-21-7-4-3-5-8-21)28(37)20-34-14-13-24-23(9-6-10-26(24)34)18-31-32-29(38)22-11-12-27(36)25(30)17-22/h3-14,17-18,36H,15-16,19-20H2,1-2H3,(H,32,38)/b31-18+. The Kier molecular flexibility index (Phi) is 8.78. The first kappa shape index (κ1) is 26.9. The summed E-state index contributed by atoms with van der Waals surface area (Å²) < 4.78 is 1.93. The average Bonchev–Trinajstić information content (AvgIpc) is 3.32. The van der Waals surface area contributed by atoms with Gasteiger partial charge in [-0.3, -0.25) is 9.59 Å². The fourth-order valence-electron chi connectivity index (χ4n) is 4.03. The molecule has 4 aromatic rings. The largest absolute Gasteiger partial charge is 0.506 e. The Morgan fingerprint density at radius 1 is 1.03 bits per heavy atom. The van der Waals surface area contributed by atoms with Crippen LogP contribution in [0.4, 0.5) is 0 Å². The minimum Gasteiger partial charge on any atom is -0.506 e. The van der Waals surface area contributed by atoms with Gasteiger partial charge < -0.3 is 19.5 Å². The molecular formula is C29H30ClN5O3. The lowest BCUT2D eigenvalue weighted by Crippen LogP contribution is -2.38. The molecule has 0 aliphatic carbocycles. The quantitative estimate of drug-likeness (QED) is 0.235. The van der Waals surface area contributed by atoms with Crippen LogP contribution in [0.15, 0.2) is 84.1 Å². The van der Waals surface area contributed by atoms with E-state index in [1.54, 1.807) is 6.21 Å². The predicted octanol–water partition coefficient (Wildman–Crippen LogP) is 4.35. The highest BCUT2D eigenvalue weighted by atomic mass is 35.5. The number of hydrogen-bond donors (Lipinski definition) is 2. The molecule has 38 heavy (non-hydrogen) atoms. The molecule has 3 aromatic carbocycles. The van der Waals surface area contributed by atoms with E-state index >= 15 is 0 Å². The third kappa shape index (κ3) is 6.79. The number of aromatic hydroxyl groups is 1. The molecular weight excluding hydrogens is 502 g/mol. The van der Waals surface area contributed by atoms with E-state index in [-0.39, 0.29) is 28.8 Å². The van der Waals surface area contributed by atoms with Crippen molar-refractivity contribution >= 4 is 40.5 Å². The summed E-state index contributed by atoms with van der Waals surface area (Å²) in [5.41, 5.74) is 5.54. The number of rotatable bonds is 10. The second kappa shape index (κ2) is 12.4. The minimum atomic E-state index is -0.449. The fraction of sp³-hybridized carbons (Fsp3) is 0.207. The van der Waals surface area contributed by atoms with Gasteiger partial charge >= 0.3 is 0 Å². The molecule has 0 fully saturated rings. The number of fused-ring (bicyclic) bond motifs is 1. The van der Waals surface area contributed by atoms with Crippen LogP contribution in [-0.4, -0.2) is 64.7 Å². The van der Waals surface area contributed by atoms with Crippen LogP contribution in [0, 0.1) is 0 Å². The Balaban J connectivity index is 1.47. The second-order valence-corrected chi connectivity index (χ2v) is 9.60. The van der Waals surface area contributed by atoms with Gasteiger partial charge in [-0.1, -0.05) is 54.1 Å². The summed E-state index contributed by atoms with van der Waals surface area (Å²) in [6.07, 6.45) is 3.46. The molecule has 4 rings (SSSR count). The molecule has 0 saturated heterocycles. The Morgan fingerprint density at radius 3 is 2.55 bits per heavy atom. The number of nitrogens with one attached hydrogen (secondary N) is 1. The number of nitrogens with zero attached hydrogens (tertiary/aromatic N) is 4. The van der Waals surface area contributed by atoms with E-state index in [1.807, 2.05) is 84.4 Å². The number of carbonyl (C=O) groups excluding carboxylic acids is 2. The first-order valence-electron chi connectivity index (χ1n) is 12.2. The molecule has 2 N–H and O–H groups in total. The van der Waals surface area contributed by atoms with Gasteiger partial charge in [0.25, 0.3) is 5.91 Å². The van der Waals surface area contributed by atoms with Gasteiger partial charge in [0.15, 0.2) is 0 Å². The maximum Gasteiger partial charge on any atom is 0.271 e. The lowest BCUT2D eigenvalue weighted by atomic mass is 10.1. The predicted molar refractivity (Wildman–Crippen MR) is 151 cm³/mol. The smallest absolute Gasteiger partial charge is 0.271 e. The zero-order chi connectivity index (χ0) is 27.1. The summed E-state index contributed by atoms with van der Waals surface area (Å²) in [5, 5.41) is 14.6. The van der Waals surface area contributed by atoms with Gasteiger partial charge in [0.05, 0.1) is 11.2 Å². The molecule has 0 spiro atoms. The van der Waals surface area contributed by atoms with Gasteiger partial charge in [0.2, 0.25) is 5.91 Å². The maximum absolute atomic E-state index is 13.4. The first-order valence-corrected chi connectivity index (χ1v) is 12.6. The molecule has 0 saturated carbocycles. The number of phenols is 1. The van der Waals surface area contributed by atoms with E-state index in [1.165, 1.54) is 18.2 Å². The van der Waals surface area contributed by atoms with Crippen LogP contribution in [0.5, 0.6) is 5.75 Å². The number of hydrazone groups is 1. The van der Waals surface area contributed by atoms with Crippen molar-refractivity contribution in [2.24, 2.45) is 5.10 Å². The number of likely N-dealkylation sites (N-methyl/N-ethyl adjacent to an activating group) is 1. The van der Waals surface area contributed by atoms with E-state index in [0.29, 0.717) is 13.1 Å². The molecule has 8 nitrogen and oxygen atoms in total. The number of amides is 2. The van der Waals surface area contributed by atoms with E-state index in [4.69, 9.17) is 11.6 Å². The van der Waals surface area contributed by atoms with Gasteiger partial charge in [-0.25, -0.2) is 5.43 Å². The second-order valence-electron chi connectivity index (χ2n) is 9.19. The van der Waals surface area contributed by atoms with Crippen molar-refractivity contribution in [2.75, 3.05) is 27.2 Å². The van der Waals surface area contributed by atoms with Crippen LogP contribution in [0.3, 0.4) is 0 Å². The monoisotopic (exact) mass is 531 g/mol. The number of aromatic nitrogens is 1. The molecule has 2 amide bonds. The summed E-state index contributed by atoms with van der Waals surface area (Å²) in [6, 6.07) is 21.9. The lowest BCUT2D eigenvalue weighted by Gasteiger charge is -2.25. The van der Waals surface area contributed by atoms with Crippen molar-refractivity contribution in [3.63, 3.8) is 0 Å². The van der Waals surface area contributed by atoms with Gasteiger partial charge in [0.1, 0.15) is 12.3 Å². The lowest BCUT2D eigenvalue weighted by molar-refractivity contribution is -0.132. The van der Waals surface area contributed by atoms with Crippen LogP contribution in [-0.2, 0) is 17.9 Å².